The number of carbonyl (C=O) groups is 1. The van der Waals surface area contributed by atoms with Gasteiger partial charge in [0.1, 0.15) is 0 Å². The van der Waals surface area contributed by atoms with Crippen LogP contribution in [0.2, 0.25) is 0 Å². The highest BCUT2D eigenvalue weighted by molar-refractivity contribution is 9.10. The molecular formula is C20H23BrN2O4. The molecule has 0 saturated carbocycles. The third kappa shape index (κ3) is 6.94. The zero-order chi connectivity index (χ0) is 19.6. The smallest absolute Gasteiger partial charge is 0.344 e. The number of hydrazone groups is 1. The van der Waals surface area contributed by atoms with Gasteiger partial charge in [-0.2, -0.15) is 5.10 Å². The van der Waals surface area contributed by atoms with Crippen LogP contribution in [-0.4, -0.2) is 31.5 Å². The summed E-state index contributed by atoms with van der Waals surface area (Å²) >= 11 is 3.50. The molecule has 0 fully saturated rings. The molecule has 1 N–H and O–H groups in total. The van der Waals surface area contributed by atoms with Crippen molar-refractivity contribution in [3.63, 3.8) is 0 Å². The number of halogens is 1. The molecule has 6 nitrogen and oxygen atoms in total. The molecule has 0 saturated heterocycles. The van der Waals surface area contributed by atoms with E-state index in [1.165, 1.54) is 0 Å². The van der Waals surface area contributed by atoms with Gasteiger partial charge in [-0.05, 0) is 61.0 Å². The normalized spacial score (nSPS) is 10.9. The lowest BCUT2D eigenvalue weighted by Gasteiger charge is -2.14. The van der Waals surface area contributed by atoms with Gasteiger partial charge in [0.15, 0.2) is 18.1 Å². The molecule has 0 aromatic heterocycles. The van der Waals surface area contributed by atoms with Gasteiger partial charge in [0.25, 0.3) is 0 Å². The number of hydrogen-bond acceptors (Lipinski definition) is 6. The zero-order valence-corrected chi connectivity index (χ0v) is 17.2. The first-order valence-corrected chi connectivity index (χ1v) is 9.41. The van der Waals surface area contributed by atoms with Crippen LogP contribution in [0.15, 0.2) is 52.0 Å². The Labute approximate surface area is 167 Å². The Balaban J connectivity index is 2.11. The Morgan fingerprint density at radius 3 is 2.56 bits per heavy atom. The van der Waals surface area contributed by atoms with E-state index in [-0.39, 0.29) is 12.7 Å². The van der Waals surface area contributed by atoms with Crippen molar-refractivity contribution in [2.24, 2.45) is 5.10 Å². The van der Waals surface area contributed by atoms with Gasteiger partial charge in [-0.1, -0.05) is 18.2 Å². The number of carbonyl (C=O) groups excluding carboxylic acids is 1. The Bertz CT molecular complexity index is 779. The third-order valence-corrected chi connectivity index (χ3v) is 3.93. The minimum absolute atomic E-state index is 0.185. The highest BCUT2D eigenvalue weighted by atomic mass is 79.9. The van der Waals surface area contributed by atoms with Crippen molar-refractivity contribution in [3.8, 4) is 11.5 Å². The Kier molecular flexibility index (Phi) is 8.13. The van der Waals surface area contributed by atoms with Gasteiger partial charge < -0.3 is 14.2 Å². The van der Waals surface area contributed by atoms with E-state index in [0.29, 0.717) is 18.1 Å². The fourth-order valence-corrected chi connectivity index (χ4v) is 2.58. The van der Waals surface area contributed by atoms with Crippen LogP contribution < -0.4 is 14.9 Å². The fraction of sp³-hybridized carbons (Fsp3) is 0.300. The molecule has 0 unspecified atom stereocenters. The SMILES string of the molecule is CCOc1cc(C=NNc2ccccc2)c(Br)cc1OCC(=O)OC(C)C. The van der Waals surface area contributed by atoms with Crippen molar-refractivity contribution >= 4 is 33.8 Å². The maximum Gasteiger partial charge on any atom is 0.344 e. The Morgan fingerprint density at radius 1 is 1.19 bits per heavy atom. The quantitative estimate of drug-likeness (QED) is 0.354. The summed E-state index contributed by atoms with van der Waals surface area (Å²) in [6.45, 7) is 5.74. The first kappa shape index (κ1) is 20.8. The van der Waals surface area contributed by atoms with Crippen molar-refractivity contribution in [2.75, 3.05) is 18.6 Å². The van der Waals surface area contributed by atoms with Crippen LogP contribution in [0.1, 0.15) is 26.3 Å². The molecule has 2 rings (SSSR count). The lowest BCUT2D eigenvalue weighted by molar-refractivity contribution is -0.149. The van der Waals surface area contributed by atoms with Crippen LogP contribution >= 0.6 is 15.9 Å². The van der Waals surface area contributed by atoms with Crippen molar-refractivity contribution in [3.05, 3.63) is 52.5 Å². The molecule has 0 aliphatic carbocycles. The van der Waals surface area contributed by atoms with Crippen LogP contribution in [0.25, 0.3) is 0 Å². The minimum atomic E-state index is -0.429. The summed E-state index contributed by atoms with van der Waals surface area (Å²) in [5, 5.41) is 4.23. The van der Waals surface area contributed by atoms with Gasteiger partial charge in [-0.15, -0.1) is 0 Å². The van der Waals surface area contributed by atoms with Crippen LogP contribution in [0.3, 0.4) is 0 Å². The molecule has 7 heteroatoms. The summed E-state index contributed by atoms with van der Waals surface area (Å²) in [5.74, 6) is 0.554. The van der Waals surface area contributed by atoms with Crippen molar-refractivity contribution < 1.29 is 19.0 Å². The van der Waals surface area contributed by atoms with E-state index < -0.39 is 5.97 Å². The molecule has 0 aliphatic heterocycles. The predicted molar refractivity (Wildman–Crippen MR) is 110 cm³/mol. The summed E-state index contributed by atoms with van der Waals surface area (Å²) in [7, 11) is 0. The number of benzene rings is 2. The van der Waals surface area contributed by atoms with Gasteiger partial charge in [-0.25, -0.2) is 4.79 Å². The van der Waals surface area contributed by atoms with E-state index in [4.69, 9.17) is 14.2 Å². The van der Waals surface area contributed by atoms with Crippen LogP contribution in [0, 0.1) is 0 Å². The van der Waals surface area contributed by atoms with Crippen molar-refractivity contribution in [1.29, 1.82) is 0 Å². The second-order valence-corrected chi connectivity index (χ2v) is 6.67. The standard InChI is InChI=1S/C20H23BrN2O4/c1-4-25-18-10-15(12-22-23-16-8-6-5-7-9-16)17(21)11-19(18)26-13-20(24)27-14(2)3/h5-12,14,23H,4,13H2,1-3H3. The van der Waals surface area contributed by atoms with Crippen molar-refractivity contribution in [1.82, 2.24) is 0 Å². The Hall–Kier alpha value is -2.54. The molecule has 0 heterocycles. The molecule has 0 radical (unpaired) electrons. The minimum Gasteiger partial charge on any atom is -0.490 e. The Morgan fingerprint density at radius 2 is 1.89 bits per heavy atom. The van der Waals surface area contributed by atoms with E-state index in [1.807, 2.05) is 37.3 Å². The highest BCUT2D eigenvalue weighted by Crippen LogP contribution is 2.33. The number of rotatable bonds is 9. The maximum absolute atomic E-state index is 11.7. The summed E-state index contributed by atoms with van der Waals surface area (Å²) in [5.41, 5.74) is 4.65. The fourth-order valence-electron chi connectivity index (χ4n) is 2.15. The molecule has 0 spiro atoms. The zero-order valence-electron chi connectivity index (χ0n) is 15.6. The van der Waals surface area contributed by atoms with Gasteiger partial charge in [0, 0.05) is 10.0 Å². The number of nitrogens with zero attached hydrogens (tertiary/aromatic N) is 1. The van der Waals surface area contributed by atoms with Crippen LogP contribution in [0.5, 0.6) is 11.5 Å². The molecule has 0 bridgehead atoms. The first-order chi connectivity index (χ1) is 13.0. The molecule has 0 amide bonds. The molecule has 0 aliphatic rings. The van der Waals surface area contributed by atoms with E-state index in [9.17, 15) is 4.79 Å². The number of hydrogen-bond donors (Lipinski definition) is 1. The number of nitrogens with one attached hydrogen (secondary N) is 1. The van der Waals surface area contributed by atoms with Crippen molar-refractivity contribution in [2.45, 2.75) is 26.9 Å². The lowest BCUT2D eigenvalue weighted by Crippen LogP contribution is -2.19. The van der Waals surface area contributed by atoms with Gasteiger partial charge in [0.05, 0.1) is 24.6 Å². The molecule has 2 aromatic carbocycles. The molecule has 144 valence electrons. The average Bonchev–Trinajstić information content (AvgIpc) is 2.63. The molecular weight excluding hydrogens is 412 g/mol. The van der Waals surface area contributed by atoms with Gasteiger partial charge in [0.2, 0.25) is 0 Å². The largest absolute Gasteiger partial charge is 0.490 e. The van der Waals surface area contributed by atoms with E-state index in [2.05, 4.69) is 26.5 Å². The lowest BCUT2D eigenvalue weighted by atomic mass is 10.2. The summed E-state index contributed by atoms with van der Waals surface area (Å²) < 4.78 is 17.0. The van der Waals surface area contributed by atoms with Crippen LogP contribution in [-0.2, 0) is 9.53 Å². The summed E-state index contributed by atoms with van der Waals surface area (Å²) in [6, 6.07) is 13.2. The number of para-hydroxylation sites is 1. The van der Waals surface area contributed by atoms with Gasteiger partial charge in [-0.3, -0.25) is 5.43 Å². The molecule has 0 atom stereocenters. The second kappa shape index (κ2) is 10.6. The van der Waals surface area contributed by atoms with E-state index >= 15 is 0 Å². The van der Waals surface area contributed by atoms with E-state index in [1.54, 1.807) is 32.2 Å². The van der Waals surface area contributed by atoms with E-state index in [0.717, 1.165) is 15.7 Å². The van der Waals surface area contributed by atoms with Gasteiger partial charge >= 0.3 is 5.97 Å². The predicted octanol–water partition coefficient (Wildman–Crippen LogP) is 4.62. The maximum atomic E-state index is 11.7. The second-order valence-electron chi connectivity index (χ2n) is 5.82. The molecule has 27 heavy (non-hydrogen) atoms. The number of anilines is 1. The summed E-state index contributed by atoms with van der Waals surface area (Å²) in [6.07, 6.45) is 1.49. The first-order valence-electron chi connectivity index (χ1n) is 8.62. The summed E-state index contributed by atoms with van der Waals surface area (Å²) in [4.78, 5) is 11.7. The topological polar surface area (TPSA) is 69.1 Å². The average molecular weight is 435 g/mol. The molecule has 2 aromatic rings. The number of esters is 1. The highest BCUT2D eigenvalue weighted by Gasteiger charge is 2.13. The van der Waals surface area contributed by atoms with Crippen LogP contribution in [0.4, 0.5) is 5.69 Å². The monoisotopic (exact) mass is 434 g/mol. The third-order valence-electron chi connectivity index (χ3n) is 3.25. The number of ether oxygens (including phenoxy) is 3.